The van der Waals surface area contributed by atoms with Crippen molar-refractivity contribution < 1.29 is 14.7 Å². The molecule has 12 heavy (non-hydrogen) atoms. The number of carbonyl (C=O) groups excluding carboxylic acids is 2. The minimum atomic E-state index is -0.681. The van der Waals surface area contributed by atoms with Gasteiger partial charge in [0.25, 0.3) is 0 Å². The first-order chi connectivity index (χ1) is 5.39. The van der Waals surface area contributed by atoms with Gasteiger partial charge in [0.05, 0.1) is 5.60 Å². The lowest BCUT2D eigenvalue weighted by Crippen LogP contribution is -2.29. The highest BCUT2D eigenvalue weighted by Gasteiger charge is 2.06. The van der Waals surface area contributed by atoms with E-state index in [2.05, 4.69) is 0 Å². The average Bonchev–Trinajstić information content (AvgIpc) is 1.90. The zero-order chi connectivity index (χ0) is 10.6. The van der Waals surface area contributed by atoms with E-state index in [1.807, 2.05) is 0 Å². The van der Waals surface area contributed by atoms with Crippen LogP contribution in [0.5, 0.6) is 0 Å². The Bertz CT molecular complexity index is 138. The molecule has 0 aliphatic rings. The fourth-order valence-corrected chi connectivity index (χ4v) is 0. The van der Waals surface area contributed by atoms with E-state index in [0.717, 1.165) is 12.2 Å². The molecule has 0 rings (SSSR count). The van der Waals surface area contributed by atoms with Gasteiger partial charge < -0.3 is 10.8 Å². The summed E-state index contributed by atoms with van der Waals surface area (Å²) in [6.45, 7) is 3.67. The Morgan fingerprint density at radius 1 is 1.33 bits per heavy atom. The van der Waals surface area contributed by atoms with Crippen LogP contribution in [0.15, 0.2) is 0 Å². The molecule has 0 bridgehead atoms. The first-order valence-electron chi connectivity index (χ1n) is 2.89. The van der Waals surface area contributed by atoms with Crippen molar-refractivity contribution >= 4 is 12.2 Å². The number of aliphatic hydroxyl groups is 1. The monoisotopic (exact) mass is 175 g/mol. The Kier molecular flexibility index (Phi) is 17.5. The summed E-state index contributed by atoms with van der Waals surface area (Å²) in [6, 6.07) is 0. The van der Waals surface area contributed by atoms with Gasteiger partial charge in [-0.25, -0.2) is 20.4 Å². The maximum Gasteiger partial charge on any atom is 0.231 e. The molecule has 0 heterocycles. The Hall–Kier alpha value is -1.32. The summed E-state index contributed by atoms with van der Waals surface area (Å²) in [5.74, 6) is 0. The number of nitrogens with two attached hydrogens (primary N) is 1. The first kappa shape index (κ1) is 17.0. The summed E-state index contributed by atoms with van der Waals surface area (Å²) in [5, 5.41) is 19.5. The Morgan fingerprint density at radius 3 is 1.42 bits per heavy atom. The average molecular weight is 175 g/mol. The maximum atomic E-state index is 8.70. The van der Waals surface area contributed by atoms with Crippen LogP contribution in [0, 0.1) is 10.8 Å². The first-order valence-corrected chi connectivity index (χ1v) is 2.89. The molecule has 0 atom stereocenters. The third kappa shape index (κ3) is 181. The van der Waals surface area contributed by atoms with Gasteiger partial charge in [-0.3, -0.25) is 0 Å². The molecule has 0 aromatic rings. The number of hydrogen-bond donors (Lipinski definition) is 4. The van der Waals surface area contributed by atoms with Gasteiger partial charge in [-0.1, -0.05) is 0 Å². The summed E-state index contributed by atoms with van der Waals surface area (Å²) >= 11 is 0. The molecule has 0 aromatic heterocycles. The van der Waals surface area contributed by atoms with E-state index in [-0.39, 0.29) is 0 Å². The summed E-state index contributed by atoms with van der Waals surface area (Å²) in [6.07, 6.45) is 1.50. The quantitative estimate of drug-likeness (QED) is 0.317. The predicted molar refractivity (Wildman–Crippen MR) is 42.2 cm³/mol. The zero-order valence-electron chi connectivity index (χ0n) is 7.05. The van der Waals surface area contributed by atoms with Crippen LogP contribution in [0.4, 0.5) is 0 Å². The lowest BCUT2D eigenvalue weighted by molar-refractivity contribution is 0.0898. The second-order valence-corrected chi connectivity index (χ2v) is 2.22. The molecule has 0 amide bonds. The Labute approximate surface area is 70.4 Å². The van der Waals surface area contributed by atoms with Crippen molar-refractivity contribution in [1.29, 1.82) is 10.8 Å². The van der Waals surface area contributed by atoms with E-state index in [1.165, 1.54) is 0 Å². The van der Waals surface area contributed by atoms with Crippen molar-refractivity contribution in [2.45, 2.75) is 19.4 Å². The molecule has 0 saturated heterocycles. The van der Waals surface area contributed by atoms with Gasteiger partial charge >= 0.3 is 0 Å². The summed E-state index contributed by atoms with van der Waals surface area (Å²) < 4.78 is 0. The lowest BCUT2D eigenvalue weighted by Gasteiger charge is -2.11. The second kappa shape index (κ2) is 12.4. The third-order valence-electron chi connectivity index (χ3n) is 0.500. The van der Waals surface area contributed by atoms with Crippen LogP contribution in [0.3, 0.4) is 0 Å². The summed E-state index contributed by atoms with van der Waals surface area (Å²) in [4.78, 5) is 16.7. The van der Waals surface area contributed by atoms with Crippen LogP contribution in [-0.2, 0) is 9.59 Å². The number of hydrogen-bond acceptors (Lipinski definition) is 6. The van der Waals surface area contributed by atoms with Gasteiger partial charge in [0, 0.05) is 6.54 Å². The smallest absolute Gasteiger partial charge is 0.231 e. The SMILES string of the molecule is CC(C)(O)CN.N=C=O.N=C=O. The highest BCUT2D eigenvalue weighted by molar-refractivity contribution is 5.26. The van der Waals surface area contributed by atoms with Crippen molar-refractivity contribution in [3.8, 4) is 0 Å². The van der Waals surface area contributed by atoms with E-state index in [1.54, 1.807) is 13.8 Å². The molecular weight excluding hydrogens is 162 g/mol. The molecule has 0 fully saturated rings. The van der Waals surface area contributed by atoms with Crippen molar-refractivity contribution in [1.82, 2.24) is 0 Å². The summed E-state index contributed by atoms with van der Waals surface area (Å²) in [5.41, 5.74) is 4.38. The van der Waals surface area contributed by atoms with Crippen LogP contribution < -0.4 is 5.73 Å². The molecule has 0 aromatic carbocycles. The number of rotatable bonds is 1. The van der Waals surface area contributed by atoms with Gasteiger partial charge in [0.2, 0.25) is 12.2 Å². The standard InChI is InChI=1S/C4H11NO.2CHNO/c1-4(2,6)3-5;2*2-1-3/h6H,3,5H2,1-2H3;2*2H. The fourth-order valence-electron chi connectivity index (χ4n) is 0. The van der Waals surface area contributed by atoms with Crippen molar-refractivity contribution in [3.63, 3.8) is 0 Å². The minimum absolute atomic E-state index is 0.326. The third-order valence-corrected chi connectivity index (χ3v) is 0.500. The predicted octanol–water partition coefficient (Wildman–Crippen LogP) is -0.482. The highest BCUT2D eigenvalue weighted by atomic mass is 16.3. The fraction of sp³-hybridized carbons (Fsp3) is 0.667. The van der Waals surface area contributed by atoms with Crippen molar-refractivity contribution in [2.24, 2.45) is 5.73 Å². The molecule has 5 N–H and O–H groups in total. The van der Waals surface area contributed by atoms with E-state index < -0.39 is 5.60 Å². The van der Waals surface area contributed by atoms with Crippen molar-refractivity contribution in [2.75, 3.05) is 6.54 Å². The van der Waals surface area contributed by atoms with Gasteiger partial charge in [-0.05, 0) is 13.8 Å². The zero-order valence-corrected chi connectivity index (χ0v) is 7.05. The number of isocyanates is 2. The van der Waals surface area contributed by atoms with E-state index in [0.29, 0.717) is 6.54 Å². The largest absolute Gasteiger partial charge is 0.389 e. The second-order valence-electron chi connectivity index (χ2n) is 2.22. The van der Waals surface area contributed by atoms with Gasteiger partial charge in [0.1, 0.15) is 0 Å². The van der Waals surface area contributed by atoms with Gasteiger partial charge in [-0.15, -0.1) is 0 Å². The van der Waals surface area contributed by atoms with Crippen molar-refractivity contribution in [3.05, 3.63) is 0 Å². The molecule has 0 spiro atoms. The molecule has 70 valence electrons. The molecule has 6 heteroatoms. The van der Waals surface area contributed by atoms with Crippen LogP contribution in [0.1, 0.15) is 13.8 Å². The molecule has 0 aliphatic carbocycles. The molecule has 0 unspecified atom stereocenters. The highest BCUT2D eigenvalue weighted by Crippen LogP contribution is 1.93. The van der Waals surface area contributed by atoms with E-state index in [4.69, 9.17) is 31.2 Å². The van der Waals surface area contributed by atoms with Gasteiger partial charge in [0.15, 0.2) is 0 Å². The van der Waals surface area contributed by atoms with Crippen LogP contribution in [-0.4, -0.2) is 29.4 Å². The Morgan fingerprint density at radius 2 is 1.42 bits per heavy atom. The lowest BCUT2D eigenvalue weighted by atomic mass is 10.1. The van der Waals surface area contributed by atoms with Crippen LogP contribution in [0.25, 0.3) is 0 Å². The molecule has 0 saturated carbocycles. The van der Waals surface area contributed by atoms with Crippen LogP contribution >= 0.6 is 0 Å². The molecule has 0 aliphatic heterocycles. The topological polar surface area (TPSA) is 128 Å². The minimum Gasteiger partial charge on any atom is -0.389 e. The molecular formula is C6H13N3O3. The molecule has 0 radical (unpaired) electrons. The normalized spacial score (nSPS) is 7.33. The summed E-state index contributed by atoms with van der Waals surface area (Å²) in [7, 11) is 0. The van der Waals surface area contributed by atoms with Crippen LogP contribution in [0.2, 0.25) is 0 Å². The van der Waals surface area contributed by atoms with Gasteiger partial charge in [-0.2, -0.15) is 0 Å². The number of nitrogens with one attached hydrogen (secondary N) is 2. The Balaban J connectivity index is -0.000000115. The van der Waals surface area contributed by atoms with E-state index >= 15 is 0 Å². The maximum absolute atomic E-state index is 8.70. The molecule has 6 nitrogen and oxygen atoms in total. The van der Waals surface area contributed by atoms with E-state index in [9.17, 15) is 0 Å².